The van der Waals surface area contributed by atoms with Crippen molar-refractivity contribution >= 4 is 23.1 Å². The molecule has 0 spiro atoms. The molecule has 0 aliphatic carbocycles. The standard InChI is InChI=1S/C28H30N4O4/c1-30(2)25-13-12-21(18-26(25)32(35)36)27(33)23-10-6-7-11-24(23)28(34)29-22-14-16-31(17-15-22)19-20-8-4-3-5-9-20/h3-13,18,22H,14-17,19H2,1-2H3,(H,29,34). The van der Waals surface area contributed by atoms with Gasteiger partial charge < -0.3 is 10.2 Å². The van der Waals surface area contributed by atoms with Crippen LogP contribution in [0.3, 0.4) is 0 Å². The zero-order valence-corrected chi connectivity index (χ0v) is 20.5. The highest BCUT2D eigenvalue weighted by atomic mass is 16.6. The summed E-state index contributed by atoms with van der Waals surface area (Å²) in [6.07, 6.45) is 1.65. The van der Waals surface area contributed by atoms with Gasteiger partial charge in [-0.1, -0.05) is 48.5 Å². The number of nitro groups is 1. The lowest BCUT2D eigenvalue weighted by atomic mass is 9.96. The Morgan fingerprint density at radius 2 is 1.61 bits per heavy atom. The molecule has 8 heteroatoms. The predicted molar refractivity (Wildman–Crippen MR) is 140 cm³/mol. The van der Waals surface area contributed by atoms with Gasteiger partial charge in [0.15, 0.2) is 5.78 Å². The molecule has 186 valence electrons. The Hall–Kier alpha value is -4.04. The summed E-state index contributed by atoms with van der Waals surface area (Å²) in [7, 11) is 3.41. The summed E-state index contributed by atoms with van der Waals surface area (Å²) in [5.74, 6) is -0.730. The number of nitrogens with zero attached hydrogens (tertiary/aromatic N) is 3. The number of nitrogens with one attached hydrogen (secondary N) is 1. The molecule has 1 aliphatic heterocycles. The van der Waals surface area contributed by atoms with Gasteiger partial charge in [0.1, 0.15) is 5.69 Å². The van der Waals surface area contributed by atoms with Crippen molar-refractivity contribution in [3.05, 3.63) is 105 Å². The number of nitro benzene ring substituents is 1. The number of benzene rings is 3. The van der Waals surface area contributed by atoms with Crippen molar-refractivity contribution in [3.63, 3.8) is 0 Å². The number of carbonyl (C=O) groups is 2. The van der Waals surface area contributed by atoms with Crippen LogP contribution in [0.1, 0.15) is 44.7 Å². The smallest absolute Gasteiger partial charge is 0.293 e. The Bertz CT molecular complexity index is 1250. The zero-order valence-electron chi connectivity index (χ0n) is 20.5. The van der Waals surface area contributed by atoms with E-state index in [1.165, 1.54) is 11.6 Å². The summed E-state index contributed by atoms with van der Waals surface area (Å²) in [4.78, 5) is 41.5. The molecule has 0 unspecified atom stereocenters. The Morgan fingerprint density at radius 3 is 2.25 bits per heavy atom. The molecule has 0 radical (unpaired) electrons. The molecule has 1 heterocycles. The van der Waals surface area contributed by atoms with Gasteiger partial charge in [-0.25, -0.2) is 0 Å². The summed E-state index contributed by atoms with van der Waals surface area (Å²) in [5.41, 5.74) is 2.18. The van der Waals surface area contributed by atoms with Gasteiger partial charge in [0.25, 0.3) is 11.6 Å². The average Bonchev–Trinajstić information content (AvgIpc) is 2.89. The lowest BCUT2D eigenvalue weighted by Crippen LogP contribution is -2.44. The fourth-order valence-corrected chi connectivity index (χ4v) is 4.56. The van der Waals surface area contributed by atoms with E-state index < -0.39 is 10.7 Å². The van der Waals surface area contributed by atoms with Gasteiger partial charge in [0.2, 0.25) is 0 Å². The molecular formula is C28H30N4O4. The molecule has 1 fully saturated rings. The SMILES string of the molecule is CN(C)c1ccc(C(=O)c2ccccc2C(=O)NC2CCN(Cc3ccccc3)CC2)cc1[N+](=O)[O-]. The Balaban J connectivity index is 1.45. The second-order valence-electron chi connectivity index (χ2n) is 9.24. The fraction of sp³-hybridized carbons (Fsp3) is 0.286. The molecule has 3 aromatic carbocycles. The van der Waals surface area contributed by atoms with Gasteiger partial charge in [0.05, 0.1) is 10.5 Å². The van der Waals surface area contributed by atoms with Gasteiger partial charge in [-0.3, -0.25) is 24.6 Å². The van der Waals surface area contributed by atoms with Crippen molar-refractivity contribution in [1.82, 2.24) is 10.2 Å². The summed E-state index contributed by atoms with van der Waals surface area (Å²) in [6.45, 7) is 2.64. The first-order chi connectivity index (χ1) is 17.3. The number of rotatable bonds is 8. The first-order valence-electron chi connectivity index (χ1n) is 12.0. The molecule has 1 N–H and O–H groups in total. The largest absolute Gasteiger partial charge is 0.372 e. The third kappa shape index (κ3) is 5.78. The molecule has 0 saturated carbocycles. The van der Waals surface area contributed by atoms with E-state index >= 15 is 0 Å². The van der Waals surface area contributed by atoms with Gasteiger partial charge in [0, 0.05) is 57.0 Å². The quantitative estimate of drug-likeness (QED) is 0.290. The lowest BCUT2D eigenvalue weighted by molar-refractivity contribution is -0.384. The van der Waals surface area contributed by atoms with E-state index in [1.807, 2.05) is 18.2 Å². The molecule has 3 aromatic rings. The van der Waals surface area contributed by atoms with Crippen LogP contribution in [0.2, 0.25) is 0 Å². The number of ketones is 1. The summed E-state index contributed by atoms with van der Waals surface area (Å²) < 4.78 is 0. The third-order valence-electron chi connectivity index (χ3n) is 6.50. The average molecular weight is 487 g/mol. The minimum atomic E-state index is -0.505. The topological polar surface area (TPSA) is 95.8 Å². The number of hydrogen-bond acceptors (Lipinski definition) is 6. The van der Waals surface area contributed by atoms with E-state index in [4.69, 9.17) is 0 Å². The van der Waals surface area contributed by atoms with Gasteiger partial charge >= 0.3 is 0 Å². The van der Waals surface area contributed by atoms with Crippen molar-refractivity contribution in [1.29, 1.82) is 0 Å². The predicted octanol–water partition coefficient (Wildman–Crippen LogP) is 4.29. The van der Waals surface area contributed by atoms with Crippen molar-refractivity contribution in [2.24, 2.45) is 0 Å². The molecule has 36 heavy (non-hydrogen) atoms. The third-order valence-corrected chi connectivity index (χ3v) is 6.50. The Kier molecular flexibility index (Phi) is 7.75. The zero-order chi connectivity index (χ0) is 25.7. The number of amides is 1. The number of piperidine rings is 1. The number of hydrogen-bond donors (Lipinski definition) is 1. The maximum atomic E-state index is 13.3. The summed E-state index contributed by atoms with van der Waals surface area (Å²) >= 11 is 0. The van der Waals surface area contributed by atoms with Gasteiger partial charge in [-0.15, -0.1) is 0 Å². The summed E-state index contributed by atoms with van der Waals surface area (Å²) in [5, 5.41) is 14.6. The first-order valence-corrected chi connectivity index (χ1v) is 12.0. The normalized spacial score (nSPS) is 14.3. The second-order valence-corrected chi connectivity index (χ2v) is 9.24. The molecule has 0 aromatic heterocycles. The molecule has 0 bridgehead atoms. The van der Waals surface area contributed by atoms with Crippen molar-refractivity contribution < 1.29 is 14.5 Å². The highest BCUT2D eigenvalue weighted by Gasteiger charge is 2.25. The van der Waals surface area contributed by atoms with Crippen LogP contribution in [-0.2, 0) is 6.54 Å². The molecular weight excluding hydrogens is 456 g/mol. The highest BCUT2D eigenvalue weighted by Crippen LogP contribution is 2.29. The minimum absolute atomic E-state index is 0.0214. The van der Waals surface area contributed by atoms with Crippen molar-refractivity contribution in [2.75, 3.05) is 32.1 Å². The van der Waals surface area contributed by atoms with Crippen LogP contribution in [0.4, 0.5) is 11.4 Å². The molecule has 1 amide bonds. The molecule has 1 saturated heterocycles. The highest BCUT2D eigenvalue weighted by molar-refractivity contribution is 6.15. The minimum Gasteiger partial charge on any atom is -0.372 e. The van der Waals surface area contributed by atoms with E-state index in [9.17, 15) is 19.7 Å². The van der Waals surface area contributed by atoms with Crippen LogP contribution in [0.15, 0.2) is 72.8 Å². The number of likely N-dealkylation sites (tertiary alicyclic amines) is 1. The van der Waals surface area contributed by atoms with Gasteiger partial charge in [-0.2, -0.15) is 0 Å². The van der Waals surface area contributed by atoms with Crippen molar-refractivity contribution in [2.45, 2.75) is 25.4 Å². The van der Waals surface area contributed by atoms with Crippen LogP contribution in [0, 0.1) is 10.1 Å². The van der Waals surface area contributed by atoms with Crippen LogP contribution in [-0.4, -0.2) is 54.7 Å². The van der Waals surface area contributed by atoms with Crippen molar-refractivity contribution in [3.8, 4) is 0 Å². The maximum Gasteiger partial charge on any atom is 0.293 e. The number of carbonyl (C=O) groups excluding carboxylic acids is 2. The first kappa shape index (κ1) is 25.1. The van der Waals surface area contributed by atoms with E-state index in [-0.39, 0.29) is 34.3 Å². The van der Waals surface area contributed by atoms with Crippen LogP contribution >= 0.6 is 0 Å². The maximum absolute atomic E-state index is 13.3. The van der Waals surface area contributed by atoms with E-state index in [0.29, 0.717) is 5.69 Å². The van der Waals surface area contributed by atoms with E-state index in [1.54, 1.807) is 55.4 Å². The summed E-state index contributed by atoms with van der Waals surface area (Å²) in [6, 6.07) is 21.3. The Morgan fingerprint density at radius 1 is 0.972 bits per heavy atom. The second kappa shape index (κ2) is 11.1. The van der Waals surface area contributed by atoms with Crippen LogP contribution in [0.5, 0.6) is 0 Å². The van der Waals surface area contributed by atoms with E-state index in [0.717, 1.165) is 32.5 Å². The van der Waals surface area contributed by atoms with Crippen LogP contribution in [0.25, 0.3) is 0 Å². The molecule has 0 atom stereocenters. The van der Waals surface area contributed by atoms with Gasteiger partial charge in [-0.05, 0) is 36.6 Å². The molecule has 8 nitrogen and oxygen atoms in total. The number of anilines is 1. The lowest BCUT2D eigenvalue weighted by Gasteiger charge is -2.32. The van der Waals surface area contributed by atoms with E-state index in [2.05, 4.69) is 22.3 Å². The van der Waals surface area contributed by atoms with Crippen LogP contribution < -0.4 is 10.2 Å². The monoisotopic (exact) mass is 486 g/mol. The molecule has 1 aliphatic rings. The Labute approximate surface area is 210 Å². The molecule has 4 rings (SSSR count). The fourth-order valence-electron chi connectivity index (χ4n) is 4.56.